The molecule has 0 spiro atoms. The van der Waals surface area contributed by atoms with Crippen molar-refractivity contribution in [2.75, 3.05) is 0 Å². The highest BCUT2D eigenvalue weighted by Gasteiger charge is 2.13. The fraction of sp³-hybridized carbons (Fsp3) is 0.133. The van der Waals surface area contributed by atoms with Gasteiger partial charge >= 0.3 is 5.69 Å². The fourth-order valence-corrected chi connectivity index (χ4v) is 3.10. The van der Waals surface area contributed by atoms with Crippen LogP contribution < -0.4 is 11.4 Å². The summed E-state index contributed by atoms with van der Waals surface area (Å²) in [6.45, 7) is 0. The number of rotatable bonds is 3. The van der Waals surface area contributed by atoms with Gasteiger partial charge in [0.25, 0.3) is 0 Å². The Morgan fingerprint density at radius 3 is 2.43 bits per heavy atom. The number of H-pyrrole nitrogens is 2. The number of benzene rings is 2. The second-order valence-corrected chi connectivity index (χ2v) is 6.23. The minimum absolute atomic E-state index is 0.177. The highest BCUT2D eigenvalue weighted by Crippen LogP contribution is 2.28. The topological polar surface area (TPSA) is 74.7 Å². The first kappa shape index (κ1) is 14.4. The van der Waals surface area contributed by atoms with Crippen molar-refractivity contribution in [3.63, 3.8) is 0 Å². The SMILES string of the molecule is NC(Cc1ccc(Cl)cc1)c1cc2[nH]c(=O)[nH]c2cc1Br. The summed E-state index contributed by atoms with van der Waals surface area (Å²) in [6, 6.07) is 11.2. The lowest BCUT2D eigenvalue weighted by atomic mass is 9.99. The molecule has 0 aliphatic heterocycles. The molecule has 4 N–H and O–H groups in total. The van der Waals surface area contributed by atoms with Crippen molar-refractivity contribution < 1.29 is 0 Å². The maximum atomic E-state index is 11.3. The Hall–Kier alpha value is -1.56. The van der Waals surface area contributed by atoms with Crippen LogP contribution in [0.15, 0.2) is 45.7 Å². The lowest BCUT2D eigenvalue weighted by Crippen LogP contribution is -2.14. The Morgan fingerprint density at radius 1 is 1.14 bits per heavy atom. The van der Waals surface area contributed by atoms with Crippen molar-refractivity contribution in [3.05, 3.63) is 67.5 Å². The number of fused-ring (bicyclic) bond motifs is 1. The molecule has 0 radical (unpaired) electrons. The molecule has 3 aromatic rings. The number of aromatic amines is 2. The van der Waals surface area contributed by atoms with E-state index in [0.29, 0.717) is 11.4 Å². The molecule has 0 saturated heterocycles. The van der Waals surface area contributed by atoms with Crippen molar-refractivity contribution in [2.24, 2.45) is 5.73 Å². The molecular weight excluding hydrogens is 354 g/mol. The van der Waals surface area contributed by atoms with E-state index in [2.05, 4.69) is 25.9 Å². The molecule has 1 unspecified atom stereocenters. The highest BCUT2D eigenvalue weighted by molar-refractivity contribution is 9.10. The maximum absolute atomic E-state index is 11.3. The molecule has 0 fully saturated rings. The van der Waals surface area contributed by atoms with E-state index in [0.717, 1.165) is 26.6 Å². The molecule has 0 bridgehead atoms. The predicted molar refractivity (Wildman–Crippen MR) is 88.7 cm³/mol. The van der Waals surface area contributed by atoms with Gasteiger partial charge in [-0.15, -0.1) is 0 Å². The zero-order chi connectivity index (χ0) is 15.0. The Bertz CT molecular complexity index is 838. The third-order valence-corrected chi connectivity index (χ3v) is 4.34. The normalized spacial score (nSPS) is 12.7. The Morgan fingerprint density at radius 2 is 1.76 bits per heavy atom. The Labute approximate surface area is 134 Å². The van der Waals surface area contributed by atoms with Gasteiger partial charge in [-0.25, -0.2) is 4.79 Å². The van der Waals surface area contributed by atoms with Gasteiger partial charge in [0.15, 0.2) is 0 Å². The first-order valence-electron chi connectivity index (χ1n) is 6.44. The van der Waals surface area contributed by atoms with Crippen molar-refractivity contribution in [1.29, 1.82) is 0 Å². The quantitative estimate of drug-likeness (QED) is 0.663. The number of hydrogen-bond donors (Lipinski definition) is 3. The summed E-state index contributed by atoms with van der Waals surface area (Å²) < 4.78 is 0.881. The number of halogens is 2. The summed E-state index contributed by atoms with van der Waals surface area (Å²) in [7, 11) is 0. The fourth-order valence-electron chi connectivity index (χ4n) is 2.34. The van der Waals surface area contributed by atoms with Crippen LogP contribution in [0.1, 0.15) is 17.2 Å². The smallest absolute Gasteiger partial charge is 0.323 e. The van der Waals surface area contributed by atoms with E-state index < -0.39 is 0 Å². The van der Waals surface area contributed by atoms with E-state index in [-0.39, 0.29) is 11.7 Å². The van der Waals surface area contributed by atoms with Crippen LogP contribution in [0.3, 0.4) is 0 Å². The molecule has 108 valence electrons. The number of hydrogen-bond acceptors (Lipinski definition) is 2. The number of nitrogens with one attached hydrogen (secondary N) is 2. The Balaban J connectivity index is 1.93. The van der Waals surface area contributed by atoms with Gasteiger partial charge in [0.2, 0.25) is 0 Å². The molecular formula is C15H13BrClN3O. The van der Waals surface area contributed by atoms with Crippen LogP contribution in [-0.2, 0) is 6.42 Å². The summed E-state index contributed by atoms with van der Waals surface area (Å²) >= 11 is 9.40. The average Bonchev–Trinajstić information content (AvgIpc) is 2.79. The van der Waals surface area contributed by atoms with Gasteiger partial charge in [-0.1, -0.05) is 39.7 Å². The van der Waals surface area contributed by atoms with E-state index in [1.165, 1.54) is 0 Å². The minimum atomic E-state index is -0.222. The summed E-state index contributed by atoms with van der Waals surface area (Å²) in [5.74, 6) is 0. The third-order valence-electron chi connectivity index (χ3n) is 3.40. The zero-order valence-corrected chi connectivity index (χ0v) is 13.3. The molecule has 0 aliphatic rings. The van der Waals surface area contributed by atoms with Crippen molar-refractivity contribution >= 4 is 38.6 Å². The van der Waals surface area contributed by atoms with Gasteiger partial charge in [-0.2, -0.15) is 0 Å². The van der Waals surface area contributed by atoms with Gasteiger partial charge in [0.05, 0.1) is 11.0 Å². The molecule has 1 aromatic heterocycles. The standard InChI is InChI=1S/C15H13BrClN3O/c16-11-7-14-13(19-15(21)20-14)6-10(11)12(18)5-8-1-3-9(17)4-2-8/h1-4,6-7,12H,5,18H2,(H2,19,20,21). The molecule has 6 heteroatoms. The first-order valence-corrected chi connectivity index (χ1v) is 7.61. The van der Waals surface area contributed by atoms with Gasteiger partial charge in [-0.3, -0.25) is 0 Å². The van der Waals surface area contributed by atoms with Gasteiger partial charge < -0.3 is 15.7 Å². The molecule has 21 heavy (non-hydrogen) atoms. The lowest BCUT2D eigenvalue weighted by Gasteiger charge is -2.14. The van der Waals surface area contributed by atoms with Crippen molar-refractivity contribution in [2.45, 2.75) is 12.5 Å². The van der Waals surface area contributed by atoms with Crippen molar-refractivity contribution in [1.82, 2.24) is 9.97 Å². The molecule has 3 rings (SSSR count). The summed E-state index contributed by atoms with van der Waals surface area (Å²) in [4.78, 5) is 16.8. The first-order chi connectivity index (χ1) is 10.0. The number of nitrogens with two attached hydrogens (primary N) is 1. The average molecular weight is 367 g/mol. The predicted octanol–water partition coefficient (Wildman–Crippen LogP) is 3.51. The molecule has 0 saturated carbocycles. The maximum Gasteiger partial charge on any atom is 0.323 e. The summed E-state index contributed by atoms with van der Waals surface area (Å²) in [5.41, 5.74) is 9.65. The van der Waals surface area contributed by atoms with Crippen LogP contribution >= 0.6 is 27.5 Å². The van der Waals surface area contributed by atoms with Crippen LogP contribution in [0.5, 0.6) is 0 Å². The monoisotopic (exact) mass is 365 g/mol. The largest absolute Gasteiger partial charge is 0.324 e. The second-order valence-electron chi connectivity index (χ2n) is 4.94. The van der Waals surface area contributed by atoms with E-state index in [1.54, 1.807) is 0 Å². The van der Waals surface area contributed by atoms with E-state index >= 15 is 0 Å². The van der Waals surface area contributed by atoms with Crippen LogP contribution in [-0.4, -0.2) is 9.97 Å². The molecule has 1 atom stereocenters. The number of imidazole rings is 1. The Kier molecular flexibility index (Phi) is 3.89. The van der Waals surface area contributed by atoms with E-state index in [1.807, 2.05) is 36.4 Å². The molecule has 4 nitrogen and oxygen atoms in total. The van der Waals surface area contributed by atoms with E-state index in [4.69, 9.17) is 17.3 Å². The molecule has 0 aliphatic carbocycles. The van der Waals surface area contributed by atoms with Crippen molar-refractivity contribution in [3.8, 4) is 0 Å². The van der Waals surface area contributed by atoms with Crippen LogP contribution in [0.2, 0.25) is 5.02 Å². The van der Waals surface area contributed by atoms with Crippen LogP contribution in [0, 0.1) is 0 Å². The van der Waals surface area contributed by atoms with Gasteiger partial charge in [0, 0.05) is 15.5 Å². The zero-order valence-electron chi connectivity index (χ0n) is 11.0. The van der Waals surface area contributed by atoms with Crippen LogP contribution in [0.25, 0.3) is 11.0 Å². The van der Waals surface area contributed by atoms with Gasteiger partial charge in [0.1, 0.15) is 0 Å². The van der Waals surface area contributed by atoms with Gasteiger partial charge in [-0.05, 0) is 41.8 Å². The second kappa shape index (κ2) is 5.67. The minimum Gasteiger partial charge on any atom is -0.324 e. The van der Waals surface area contributed by atoms with Crippen LogP contribution in [0.4, 0.5) is 0 Å². The molecule has 0 amide bonds. The summed E-state index contributed by atoms with van der Waals surface area (Å²) in [6.07, 6.45) is 0.690. The summed E-state index contributed by atoms with van der Waals surface area (Å²) in [5, 5.41) is 0.708. The molecule has 2 aromatic carbocycles. The lowest BCUT2D eigenvalue weighted by molar-refractivity contribution is 0.719. The van der Waals surface area contributed by atoms with E-state index in [9.17, 15) is 4.79 Å². The number of aromatic nitrogens is 2. The third kappa shape index (κ3) is 3.05. The molecule has 1 heterocycles. The highest BCUT2D eigenvalue weighted by atomic mass is 79.9.